The van der Waals surface area contributed by atoms with E-state index < -0.39 is 10.8 Å². The van der Waals surface area contributed by atoms with Crippen LogP contribution >= 0.6 is 15.9 Å². The monoisotopic (exact) mass is 335 g/mol. The number of nitrogens with one attached hydrogen (secondary N) is 1. The molecule has 0 radical (unpaired) electrons. The summed E-state index contributed by atoms with van der Waals surface area (Å²) in [5.74, 6) is -0.234. The summed E-state index contributed by atoms with van der Waals surface area (Å²) in [6.45, 7) is 1.65. The van der Waals surface area contributed by atoms with Gasteiger partial charge in [0.05, 0.1) is 4.92 Å². The Hall–Kier alpha value is -2.28. The number of aryl methyl sites for hydroxylation is 1. The van der Waals surface area contributed by atoms with Gasteiger partial charge in [-0.1, -0.05) is 18.2 Å². The second kappa shape index (κ2) is 5.79. The first-order valence-corrected chi connectivity index (χ1v) is 6.46. The molecule has 0 fully saturated rings. The Labute approximate surface area is 123 Å². The largest absolute Gasteiger partial charge is 0.306 e. The van der Waals surface area contributed by atoms with Gasteiger partial charge >= 0.3 is 0 Å². The standard InChI is InChI=1S/C13H10BrN3O3/c1-8-4-2-5-9(17(19)20)12(8)13(18)16-11-7-3-6-10(14)15-11/h2-7H,1H3,(H,15,16,18). The van der Waals surface area contributed by atoms with Crippen LogP contribution in [0.15, 0.2) is 41.0 Å². The van der Waals surface area contributed by atoms with Gasteiger partial charge in [0.2, 0.25) is 0 Å². The zero-order chi connectivity index (χ0) is 14.7. The van der Waals surface area contributed by atoms with Crippen LogP contribution in [0.3, 0.4) is 0 Å². The van der Waals surface area contributed by atoms with E-state index in [0.29, 0.717) is 16.0 Å². The van der Waals surface area contributed by atoms with E-state index in [1.165, 1.54) is 6.07 Å². The summed E-state index contributed by atoms with van der Waals surface area (Å²) >= 11 is 3.19. The average molecular weight is 336 g/mol. The van der Waals surface area contributed by atoms with E-state index in [-0.39, 0.29) is 11.3 Å². The number of nitro benzene ring substituents is 1. The number of carbonyl (C=O) groups is 1. The van der Waals surface area contributed by atoms with Gasteiger partial charge in [-0.2, -0.15) is 0 Å². The van der Waals surface area contributed by atoms with E-state index in [9.17, 15) is 14.9 Å². The van der Waals surface area contributed by atoms with Crippen LogP contribution in [0, 0.1) is 17.0 Å². The molecule has 0 bridgehead atoms. The van der Waals surface area contributed by atoms with Gasteiger partial charge in [0.15, 0.2) is 0 Å². The highest BCUT2D eigenvalue weighted by Crippen LogP contribution is 2.23. The smallest absolute Gasteiger partial charge is 0.282 e. The number of nitrogens with zero attached hydrogens (tertiary/aromatic N) is 2. The van der Waals surface area contributed by atoms with E-state index >= 15 is 0 Å². The quantitative estimate of drug-likeness (QED) is 0.529. The predicted octanol–water partition coefficient (Wildman–Crippen LogP) is 3.31. The molecular formula is C13H10BrN3O3. The number of carbonyl (C=O) groups excluding carboxylic acids is 1. The SMILES string of the molecule is Cc1cccc([N+](=O)[O-])c1C(=O)Nc1cccc(Br)n1. The second-order valence-corrected chi connectivity index (χ2v) is 4.84. The van der Waals surface area contributed by atoms with Crippen LogP contribution in [0.5, 0.6) is 0 Å². The zero-order valence-electron chi connectivity index (χ0n) is 10.5. The van der Waals surface area contributed by atoms with E-state index in [4.69, 9.17) is 0 Å². The van der Waals surface area contributed by atoms with Crippen LogP contribution < -0.4 is 5.32 Å². The lowest BCUT2D eigenvalue weighted by molar-refractivity contribution is -0.385. The van der Waals surface area contributed by atoms with Crippen LogP contribution in [-0.4, -0.2) is 15.8 Å². The van der Waals surface area contributed by atoms with Gasteiger partial charge < -0.3 is 5.32 Å². The third-order valence-corrected chi connectivity index (χ3v) is 3.07. The molecular weight excluding hydrogens is 326 g/mol. The molecule has 1 amide bonds. The highest BCUT2D eigenvalue weighted by molar-refractivity contribution is 9.10. The lowest BCUT2D eigenvalue weighted by Crippen LogP contribution is -2.16. The van der Waals surface area contributed by atoms with Crippen molar-refractivity contribution in [2.75, 3.05) is 5.32 Å². The molecule has 1 N–H and O–H groups in total. The molecule has 0 aliphatic heterocycles. The zero-order valence-corrected chi connectivity index (χ0v) is 12.0. The Bertz CT molecular complexity index is 688. The molecule has 0 unspecified atom stereocenters. The van der Waals surface area contributed by atoms with Crippen molar-refractivity contribution in [3.8, 4) is 0 Å². The minimum Gasteiger partial charge on any atom is -0.306 e. The lowest BCUT2D eigenvalue weighted by atomic mass is 10.1. The van der Waals surface area contributed by atoms with Crippen LogP contribution in [0.1, 0.15) is 15.9 Å². The van der Waals surface area contributed by atoms with Gasteiger partial charge in [-0.3, -0.25) is 14.9 Å². The van der Waals surface area contributed by atoms with Crippen molar-refractivity contribution < 1.29 is 9.72 Å². The Morgan fingerprint density at radius 3 is 2.65 bits per heavy atom. The molecule has 1 aromatic carbocycles. The van der Waals surface area contributed by atoms with Crippen LogP contribution in [0.2, 0.25) is 0 Å². The molecule has 102 valence electrons. The molecule has 6 nitrogen and oxygen atoms in total. The summed E-state index contributed by atoms with van der Waals surface area (Å²) in [7, 11) is 0. The van der Waals surface area contributed by atoms with Crippen LogP contribution in [0.4, 0.5) is 11.5 Å². The van der Waals surface area contributed by atoms with Crippen molar-refractivity contribution in [1.82, 2.24) is 4.98 Å². The number of rotatable bonds is 3. The number of anilines is 1. The maximum Gasteiger partial charge on any atom is 0.282 e. The summed E-state index contributed by atoms with van der Waals surface area (Å²) in [4.78, 5) is 26.7. The molecule has 2 rings (SSSR count). The number of hydrogen-bond donors (Lipinski definition) is 1. The minimum atomic E-state index is -0.573. The topological polar surface area (TPSA) is 85.1 Å². The van der Waals surface area contributed by atoms with Crippen molar-refractivity contribution >= 4 is 33.3 Å². The Balaban J connectivity index is 2.37. The van der Waals surface area contributed by atoms with Gasteiger partial charge in [0, 0.05) is 6.07 Å². The fourth-order valence-corrected chi connectivity index (χ4v) is 2.10. The molecule has 20 heavy (non-hydrogen) atoms. The summed E-state index contributed by atoms with van der Waals surface area (Å²) < 4.78 is 0.564. The van der Waals surface area contributed by atoms with Gasteiger partial charge in [-0.15, -0.1) is 0 Å². The van der Waals surface area contributed by atoms with E-state index in [2.05, 4.69) is 26.2 Å². The highest BCUT2D eigenvalue weighted by Gasteiger charge is 2.22. The fourth-order valence-electron chi connectivity index (χ4n) is 1.76. The van der Waals surface area contributed by atoms with Crippen LogP contribution in [0.25, 0.3) is 0 Å². The van der Waals surface area contributed by atoms with Gasteiger partial charge in [-0.05, 0) is 40.5 Å². The number of benzene rings is 1. The second-order valence-electron chi connectivity index (χ2n) is 4.03. The molecule has 0 saturated heterocycles. The number of aromatic nitrogens is 1. The Morgan fingerprint density at radius 2 is 2.00 bits per heavy atom. The van der Waals surface area contributed by atoms with Gasteiger partial charge in [0.25, 0.3) is 11.6 Å². The number of nitro groups is 1. The molecule has 0 saturated carbocycles. The fraction of sp³-hybridized carbons (Fsp3) is 0.0769. The summed E-state index contributed by atoms with van der Waals surface area (Å²) in [5.41, 5.74) is 0.350. The normalized spacial score (nSPS) is 10.1. The Kier molecular flexibility index (Phi) is 4.09. The van der Waals surface area contributed by atoms with Crippen molar-refractivity contribution in [3.63, 3.8) is 0 Å². The first kappa shape index (κ1) is 14.1. The maximum absolute atomic E-state index is 12.2. The molecule has 0 spiro atoms. The first-order valence-electron chi connectivity index (χ1n) is 5.67. The van der Waals surface area contributed by atoms with Crippen LogP contribution in [-0.2, 0) is 0 Å². The van der Waals surface area contributed by atoms with E-state index in [1.807, 2.05) is 0 Å². The van der Waals surface area contributed by atoms with Crippen molar-refractivity contribution in [2.24, 2.45) is 0 Å². The van der Waals surface area contributed by atoms with Crippen molar-refractivity contribution in [1.29, 1.82) is 0 Å². The van der Waals surface area contributed by atoms with E-state index in [0.717, 1.165) is 0 Å². The molecule has 0 aliphatic rings. The predicted molar refractivity (Wildman–Crippen MR) is 77.7 cm³/mol. The molecule has 1 aromatic heterocycles. The maximum atomic E-state index is 12.2. The number of hydrogen-bond acceptors (Lipinski definition) is 4. The Morgan fingerprint density at radius 1 is 1.30 bits per heavy atom. The molecule has 7 heteroatoms. The van der Waals surface area contributed by atoms with E-state index in [1.54, 1.807) is 37.3 Å². The molecule has 1 heterocycles. The number of amides is 1. The number of pyridine rings is 1. The third-order valence-electron chi connectivity index (χ3n) is 2.63. The summed E-state index contributed by atoms with van der Waals surface area (Å²) in [6.07, 6.45) is 0. The van der Waals surface area contributed by atoms with Crippen molar-refractivity contribution in [3.05, 3.63) is 62.2 Å². The summed E-state index contributed by atoms with van der Waals surface area (Å²) in [5, 5.41) is 13.5. The number of halogens is 1. The summed E-state index contributed by atoms with van der Waals surface area (Å²) in [6, 6.07) is 9.52. The lowest BCUT2D eigenvalue weighted by Gasteiger charge is -2.07. The van der Waals surface area contributed by atoms with Crippen molar-refractivity contribution in [2.45, 2.75) is 6.92 Å². The molecule has 0 atom stereocenters. The van der Waals surface area contributed by atoms with Gasteiger partial charge in [-0.25, -0.2) is 4.98 Å². The molecule has 0 aliphatic carbocycles. The minimum absolute atomic E-state index is 0.0410. The highest BCUT2D eigenvalue weighted by atomic mass is 79.9. The molecule has 2 aromatic rings. The third kappa shape index (κ3) is 3.00. The first-order chi connectivity index (χ1) is 9.49. The average Bonchev–Trinajstić information content (AvgIpc) is 2.38. The van der Waals surface area contributed by atoms with Gasteiger partial charge in [0.1, 0.15) is 16.0 Å².